The first kappa shape index (κ1) is 34.7. The SMILES string of the molecule is CC(=O)N[C@H]1[C@H](Oc2ccc(COc3ccc4c(C(F)(F)F)cc(=O)oc4c3)cc2)O[C@H](COC(C)=O)[C@@H](OC(C)=O)[C@@H]1OC(C)=O. The standard InChI is InChI=1S/C31H30F3NO12/c1-15(36)35-27-29(44-18(4)39)28(43-17(3)38)25(14-41-16(2)37)47-30(27)45-20-7-5-19(6-8-20)13-42-21-9-10-22-23(31(32,33)34)12-26(40)46-24(22)11-21/h5-12,25,27-30H,13-14H2,1-4H3,(H,35,36)/t25-,27-,28-,29-,30-/m1/s1. The van der Waals surface area contributed by atoms with Crippen LogP contribution < -0.4 is 20.4 Å². The molecule has 5 atom stereocenters. The molecule has 3 aromatic rings. The molecule has 4 rings (SSSR count). The van der Waals surface area contributed by atoms with E-state index in [0.29, 0.717) is 11.6 Å². The lowest BCUT2D eigenvalue weighted by molar-refractivity contribution is -0.257. The Morgan fingerprint density at radius 2 is 1.49 bits per heavy atom. The van der Waals surface area contributed by atoms with Crippen molar-refractivity contribution < 1.29 is 65.2 Å². The van der Waals surface area contributed by atoms with E-state index >= 15 is 0 Å². The van der Waals surface area contributed by atoms with Crippen LogP contribution in [-0.4, -0.2) is 61.1 Å². The summed E-state index contributed by atoms with van der Waals surface area (Å²) in [5.74, 6) is -2.33. The highest BCUT2D eigenvalue weighted by atomic mass is 19.4. The van der Waals surface area contributed by atoms with Crippen molar-refractivity contribution in [2.45, 2.75) is 71.1 Å². The molecule has 0 bridgehead atoms. The number of hydrogen-bond acceptors (Lipinski definition) is 12. The Bertz CT molecular complexity index is 1690. The molecule has 0 saturated carbocycles. The molecule has 1 fully saturated rings. The number of halogens is 3. The summed E-state index contributed by atoms with van der Waals surface area (Å²) >= 11 is 0. The Hall–Kier alpha value is -5.12. The van der Waals surface area contributed by atoms with Gasteiger partial charge in [0.1, 0.15) is 42.4 Å². The molecule has 1 aliphatic heterocycles. The highest BCUT2D eigenvalue weighted by Crippen LogP contribution is 2.35. The van der Waals surface area contributed by atoms with Gasteiger partial charge < -0.3 is 38.2 Å². The Morgan fingerprint density at radius 1 is 0.851 bits per heavy atom. The van der Waals surface area contributed by atoms with Gasteiger partial charge in [-0.1, -0.05) is 12.1 Å². The number of amides is 1. The summed E-state index contributed by atoms with van der Waals surface area (Å²) in [5, 5.41) is 2.31. The van der Waals surface area contributed by atoms with Gasteiger partial charge in [0.15, 0.2) is 12.2 Å². The van der Waals surface area contributed by atoms with Crippen LogP contribution in [0.2, 0.25) is 0 Å². The Balaban J connectivity index is 1.52. The molecule has 2 heterocycles. The van der Waals surface area contributed by atoms with Gasteiger partial charge >= 0.3 is 29.7 Å². The minimum Gasteiger partial charge on any atom is -0.489 e. The lowest BCUT2D eigenvalue weighted by Crippen LogP contribution is -2.67. The largest absolute Gasteiger partial charge is 0.489 e. The van der Waals surface area contributed by atoms with Gasteiger partial charge in [-0.3, -0.25) is 19.2 Å². The quantitative estimate of drug-likeness (QED) is 0.191. The normalized spacial score (nSPS) is 21.0. The van der Waals surface area contributed by atoms with Gasteiger partial charge in [-0.15, -0.1) is 0 Å². The van der Waals surface area contributed by atoms with Crippen LogP contribution in [0.4, 0.5) is 13.2 Å². The van der Waals surface area contributed by atoms with Crippen molar-refractivity contribution in [2.24, 2.45) is 0 Å². The first-order chi connectivity index (χ1) is 22.1. The average Bonchev–Trinajstić information content (AvgIpc) is 2.97. The Kier molecular flexibility index (Phi) is 10.7. The fourth-order valence-corrected chi connectivity index (χ4v) is 4.82. The molecule has 2 aromatic carbocycles. The molecule has 1 amide bonds. The van der Waals surface area contributed by atoms with Crippen LogP contribution >= 0.6 is 0 Å². The smallest absolute Gasteiger partial charge is 0.417 e. The molecule has 0 aliphatic carbocycles. The third-order valence-electron chi connectivity index (χ3n) is 6.67. The number of carbonyl (C=O) groups excluding carboxylic acids is 4. The van der Waals surface area contributed by atoms with Crippen molar-refractivity contribution in [2.75, 3.05) is 6.61 Å². The van der Waals surface area contributed by atoms with Gasteiger partial charge in [0, 0.05) is 45.2 Å². The summed E-state index contributed by atoms with van der Waals surface area (Å²) in [7, 11) is 0. The van der Waals surface area contributed by atoms with E-state index in [0.717, 1.165) is 26.8 Å². The molecule has 0 unspecified atom stereocenters. The number of esters is 3. The van der Waals surface area contributed by atoms with Crippen molar-refractivity contribution in [3.8, 4) is 11.5 Å². The molecular weight excluding hydrogens is 635 g/mol. The van der Waals surface area contributed by atoms with E-state index in [1.165, 1.54) is 31.2 Å². The van der Waals surface area contributed by atoms with Crippen LogP contribution in [0.5, 0.6) is 11.5 Å². The maximum Gasteiger partial charge on any atom is 0.417 e. The number of rotatable bonds is 10. The summed E-state index contributed by atoms with van der Waals surface area (Å²) in [6, 6.07) is 9.12. The van der Waals surface area contributed by atoms with Crippen LogP contribution in [0.25, 0.3) is 11.0 Å². The van der Waals surface area contributed by atoms with E-state index in [-0.39, 0.29) is 29.1 Å². The van der Waals surface area contributed by atoms with Gasteiger partial charge in [-0.25, -0.2) is 4.79 Å². The summed E-state index contributed by atoms with van der Waals surface area (Å²) in [6.45, 7) is 4.18. The van der Waals surface area contributed by atoms with Gasteiger partial charge in [0.05, 0.1) is 5.56 Å². The van der Waals surface area contributed by atoms with Crippen LogP contribution in [0.15, 0.2) is 57.7 Å². The van der Waals surface area contributed by atoms with Crippen molar-refractivity contribution in [1.82, 2.24) is 5.32 Å². The number of carbonyl (C=O) groups is 4. The predicted octanol–water partition coefficient (Wildman–Crippen LogP) is 3.43. The van der Waals surface area contributed by atoms with Crippen molar-refractivity contribution >= 4 is 34.8 Å². The van der Waals surface area contributed by atoms with Gasteiger partial charge in [-0.05, 0) is 29.8 Å². The molecule has 1 aliphatic rings. The molecule has 0 radical (unpaired) electrons. The highest BCUT2D eigenvalue weighted by molar-refractivity contribution is 5.82. The Morgan fingerprint density at radius 3 is 2.09 bits per heavy atom. The number of hydrogen-bond donors (Lipinski definition) is 1. The van der Waals surface area contributed by atoms with E-state index in [2.05, 4.69) is 5.32 Å². The van der Waals surface area contributed by atoms with Gasteiger partial charge in [0.2, 0.25) is 12.2 Å². The number of nitrogens with one attached hydrogen (secondary N) is 1. The van der Waals surface area contributed by atoms with E-state index in [4.69, 9.17) is 32.8 Å². The summed E-state index contributed by atoms with van der Waals surface area (Å²) in [5.41, 5.74) is -1.96. The van der Waals surface area contributed by atoms with Crippen molar-refractivity contribution in [3.63, 3.8) is 0 Å². The average molecular weight is 666 g/mol. The second-order valence-electron chi connectivity index (χ2n) is 10.4. The molecule has 1 aromatic heterocycles. The number of alkyl halides is 3. The maximum absolute atomic E-state index is 13.3. The summed E-state index contributed by atoms with van der Waals surface area (Å²) in [4.78, 5) is 59.3. The number of benzene rings is 2. The van der Waals surface area contributed by atoms with E-state index in [9.17, 15) is 37.1 Å². The monoisotopic (exact) mass is 665 g/mol. The van der Waals surface area contributed by atoms with Crippen LogP contribution in [-0.2, 0) is 50.9 Å². The molecule has 16 heteroatoms. The van der Waals surface area contributed by atoms with Crippen LogP contribution in [0.3, 0.4) is 0 Å². The number of ether oxygens (including phenoxy) is 6. The first-order valence-corrected chi connectivity index (χ1v) is 14.0. The van der Waals surface area contributed by atoms with Crippen molar-refractivity contribution in [1.29, 1.82) is 0 Å². The molecule has 1 saturated heterocycles. The zero-order valence-corrected chi connectivity index (χ0v) is 25.5. The zero-order valence-electron chi connectivity index (χ0n) is 25.5. The van der Waals surface area contributed by atoms with E-state index in [1.54, 1.807) is 12.1 Å². The third kappa shape index (κ3) is 9.22. The lowest BCUT2D eigenvalue weighted by Gasteiger charge is -2.44. The van der Waals surface area contributed by atoms with Gasteiger partial charge in [-0.2, -0.15) is 13.2 Å². The number of fused-ring (bicyclic) bond motifs is 1. The van der Waals surface area contributed by atoms with Crippen LogP contribution in [0.1, 0.15) is 38.8 Å². The molecule has 1 N–H and O–H groups in total. The molecule has 0 spiro atoms. The van der Waals surface area contributed by atoms with Crippen LogP contribution in [0, 0.1) is 0 Å². The summed E-state index contributed by atoms with van der Waals surface area (Å²) in [6.07, 6.45) is -9.82. The lowest BCUT2D eigenvalue weighted by atomic mass is 9.96. The second kappa shape index (κ2) is 14.5. The molecule has 47 heavy (non-hydrogen) atoms. The third-order valence-corrected chi connectivity index (χ3v) is 6.67. The minimum atomic E-state index is -4.75. The van der Waals surface area contributed by atoms with E-state index < -0.39 is 78.4 Å². The minimum absolute atomic E-state index is 0.0352. The Labute approximate surface area is 264 Å². The predicted molar refractivity (Wildman–Crippen MR) is 153 cm³/mol. The van der Waals surface area contributed by atoms with Crippen molar-refractivity contribution in [3.05, 3.63) is 70.1 Å². The fraction of sp³-hybridized carbons (Fsp3) is 0.387. The van der Waals surface area contributed by atoms with Gasteiger partial charge in [0.25, 0.3) is 0 Å². The maximum atomic E-state index is 13.3. The topological polar surface area (TPSA) is 166 Å². The molecule has 13 nitrogen and oxygen atoms in total. The zero-order chi connectivity index (χ0) is 34.5. The van der Waals surface area contributed by atoms with E-state index in [1.807, 2.05) is 0 Å². The highest BCUT2D eigenvalue weighted by Gasteiger charge is 2.52. The fourth-order valence-electron chi connectivity index (χ4n) is 4.82. The molecule has 252 valence electrons. The second-order valence-corrected chi connectivity index (χ2v) is 10.4. The molecular formula is C31H30F3NO12. The first-order valence-electron chi connectivity index (χ1n) is 14.0. The summed E-state index contributed by atoms with van der Waals surface area (Å²) < 4.78 is 78.5.